The maximum Gasteiger partial charge on any atom is 0.335 e. The van der Waals surface area contributed by atoms with Crippen LogP contribution < -0.4 is 4.74 Å². The summed E-state index contributed by atoms with van der Waals surface area (Å²) in [7, 11) is 1.80. The number of hydrogen-bond acceptors (Lipinski definition) is 4. The van der Waals surface area contributed by atoms with Crippen molar-refractivity contribution >= 4 is 5.97 Å². The zero-order valence-corrected chi connectivity index (χ0v) is 9.09. The van der Waals surface area contributed by atoms with Crippen LogP contribution in [0.25, 0.3) is 0 Å². The second-order valence-corrected chi connectivity index (χ2v) is 3.41. The van der Waals surface area contributed by atoms with Crippen molar-refractivity contribution in [2.24, 2.45) is 0 Å². The molecule has 2 N–H and O–H groups in total. The third-order valence-electron chi connectivity index (χ3n) is 2.01. The zero-order chi connectivity index (χ0) is 12.0. The van der Waals surface area contributed by atoms with Crippen molar-refractivity contribution in [2.45, 2.75) is 0 Å². The molecule has 0 aliphatic rings. The van der Waals surface area contributed by atoms with Crippen molar-refractivity contribution in [3.8, 4) is 5.75 Å². The molecule has 1 rings (SSSR count). The molecule has 0 fully saturated rings. The van der Waals surface area contributed by atoms with Gasteiger partial charge in [0.2, 0.25) is 0 Å². The van der Waals surface area contributed by atoms with Crippen LogP contribution in [0, 0.1) is 0 Å². The Labute approximate surface area is 93.9 Å². The lowest BCUT2D eigenvalue weighted by molar-refractivity contribution is 0.0696. The lowest BCUT2D eigenvalue weighted by atomic mass is 10.2. The van der Waals surface area contributed by atoms with E-state index >= 15 is 0 Å². The Balaban J connectivity index is 2.54. The first-order valence-electron chi connectivity index (χ1n) is 4.89. The fourth-order valence-corrected chi connectivity index (χ4v) is 1.14. The molecule has 0 saturated heterocycles. The van der Waals surface area contributed by atoms with Gasteiger partial charge in [-0.3, -0.25) is 4.90 Å². The summed E-state index contributed by atoms with van der Waals surface area (Å²) in [6.07, 6.45) is 0. The number of carboxylic acids is 1. The molecule has 0 atom stereocenters. The number of carboxylic acid groups (broad SMARTS) is 1. The van der Waals surface area contributed by atoms with Gasteiger partial charge < -0.3 is 14.9 Å². The second-order valence-electron chi connectivity index (χ2n) is 3.41. The van der Waals surface area contributed by atoms with Crippen LogP contribution in [-0.2, 0) is 0 Å². The normalized spacial score (nSPS) is 10.4. The van der Waals surface area contributed by atoms with Crippen molar-refractivity contribution < 1.29 is 19.7 Å². The monoisotopic (exact) mass is 225 g/mol. The summed E-state index contributed by atoms with van der Waals surface area (Å²) in [5.41, 5.74) is 0.197. The van der Waals surface area contributed by atoms with Crippen molar-refractivity contribution in [2.75, 3.05) is 26.9 Å². The minimum atomic E-state index is -0.978. The van der Waals surface area contributed by atoms with Crippen molar-refractivity contribution in [1.29, 1.82) is 0 Å². The van der Waals surface area contributed by atoms with Crippen LogP contribution in [0.15, 0.2) is 24.3 Å². The number of rotatable bonds is 6. The Morgan fingerprint density at radius 1 is 1.50 bits per heavy atom. The van der Waals surface area contributed by atoms with Crippen molar-refractivity contribution in [3.63, 3.8) is 0 Å². The minimum absolute atomic E-state index is 0.0645. The molecular formula is C11H15NO4. The first kappa shape index (κ1) is 12.5. The van der Waals surface area contributed by atoms with E-state index in [-0.39, 0.29) is 12.2 Å². The van der Waals surface area contributed by atoms with Crippen LogP contribution in [0.3, 0.4) is 0 Å². The zero-order valence-electron chi connectivity index (χ0n) is 9.09. The van der Waals surface area contributed by atoms with Crippen LogP contribution in [-0.4, -0.2) is 48.0 Å². The highest BCUT2D eigenvalue weighted by atomic mass is 16.5. The van der Waals surface area contributed by atoms with Gasteiger partial charge in [-0.05, 0) is 25.2 Å². The number of aromatic carboxylic acids is 1. The first-order valence-corrected chi connectivity index (χ1v) is 4.89. The van der Waals surface area contributed by atoms with Crippen molar-refractivity contribution in [1.82, 2.24) is 4.90 Å². The van der Waals surface area contributed by atoms with E-state index in [0.717, 1.165) is 0 Å². The van der Waals surface area contributed by atoms with Gasteiger partial charge >= 0.3 is 5.97 Å². The second kappa shape index (κ2) is 6.09. The van der Waals surface area contributed by atoms with Crippen LogP contribution in [0.5, 0.6) is 5.75 Å². The van der Waals surface area contributed by atoms with Gasteiger partial charge in [-0.25, -0.2) is 4.79 Å². The van der Waals surface area contributed by atoms with Gasteiger partial charge in [-0.15, -0.1) is 0 Å². The molecule has 0 aliphatic carbocycles. The Kier molecular flexibility index (Phi) is 4.75. The number of aliphatic hydroxyl groups is 1. The molecule has 5 heteroatoms. The number of hydrogen-bond donors (Lipinski definition) is 2. The Morgan fingerprint density at radius 3 is 2.88 bits per heavy atom. The molecular weight excluding hydrogens is 210 g/mol. The van der Waals surface area contributed by atoms with Crippen LogP contribution in [0.4, 0.5) is 0 Å². The van der Waals surface area contributed by atoms with E-state index in [2.05, 4.69) is 0 Å². The van der Waals surface area contributed by atoms with Gasteiger partial charge in [0.15, 0.2) is 0 Å². The van der Waals surface area contributed by atoms with E-state index in [0.29, 0.717) is 19.0 Å². The van der Waals surface area contributed by atoms with Crippen molar-refractivity contribution in [3.05, 3.63) is 29.8 Å². The molecule has 0 spiro atoms. The van der Waals surface area contributed by atoms with Gasteiger partial charge in [0.25, 0.3) is 0 Å². The maximum atomic E-state index is 10.7. The van der Waals surface area contributed by atoms with E-state index in [1.807, 2.05) is 0 Å². The number of aliphatic hydroxyl groups excluding tert-OH is 1. The van der Waals surface area contributed by atoms with Crippen LogP contribution >= 0.6 is 0 Å². The molecule has 0 aromatic heterocycles. The lowest BCUT2D eigenvalue weighted by Crippen LogP contribution is -2.26. The molecule has 16 heavy (non-hydrogen) atoms. The van der Waals surface area contributed by atoms with Gasteiger partial charge in [0.05, 0.1) is 12.2 Å². The quantitative estimate of drug-likeness (QED) is 0.695. The highest BCUT2D eigenvalue weighted by Crippen LogP contribution is 2.13. The predicted octanol–water partition coefficient (Wildman–Crippen LogP) is 0.645. The fraction of sp³-hybridized carbons (Fsp3) is 0.364. The highest BCUT2D eigenvalue weighted by Gasteiger charge is 2.04. The molecule has 0 amide bonds. The number of likely N-dealkylation sites (N-methyl/N-ethyl adjacent to an activating group) is 1. The number of benzene rings is 1. The lowest BCUT2D eigenvalue weighted by Gasteiger charge is -2.16. The molecule has 1 aromatic carbocycles. The minimum Gasteiger partial charge on any atom is -0.478 e. The summed E-state index contributed by atoms with van der Waals surface area (Å²) >= 11 is 0. The van der Waals surface area contributed by atoms with E-state index < -0.39 is 5.97 Å². The van der Waals surface area contributed by atoms with E-state index in [4.69, 9.17) is 14.9 Å². The van der Waals surface area contributed by atoms with E-state index in [1.54, 1.807) is 24.1 Å². The fourth-order valence-electron chi connectivity index (χ4n) is 1.14. The number of ether oxygens (including phenoxy) is 1. The van der Waals surface area contributed by atoms with Gasteiger partial charge in [-0.2, -0.15) is 0 Å². The summed E-state index contributed by atoms with van der Waals surface area (Å²) in [6.45, 7) is 0.886. The Hall–Kier alpha value is -1.59. The maximum absolute atomic E-state index is 10.7. The molecule has 0 heterocycles. The molecule has 0 radical (unpaired) electrons. The summed E-state index contributed by atoms with van der Waals surface area (Å²) in [5, 5.41) is 17.4. The molecule has 0 bridgehead atoms. The number of nitrogens with zero attached hydrogens (tertiary/aromatic N) is 1. The Bertz CT molecular complexity index is 354. The molecule has 0 saturated carbocycles. The van der Waals surface area contributed by atoms with E-state index in [1.165, 1.54) is 12.1 Å². The molecule has 0 unspecified atom stereocenters. The molecule has 1 aromatic rings. The SMILES string of the molecule is CN(CCO)COc1cccc(C(=O)O)c1. The predicted molar refractivity (Wildman–Crippen MR) is 58.6 cm³/mol. The summed E-state index contributed by atoms with van der Waals surface area (Å²) < 4.78 is 5.36. The first-order chi connectivity index (χ1) is 7.63. The van der Waals surface area contributed by atoms with Crippen LogP contribution in [0.2, 0.25) is 0 Å². The summed E-state index contributed by atoms with van der Waals surface area (Å²) in [6, 6.07) is 6.30. The topological polar surface area (TPSA) is 70.0 Å². The largest absolute Gasteiger partial charge is 0.478 e. The average molecular weight is 225 g/mol. The third-order valence-corrected chi connectivity index (χ3v) is 2.01. The summed E-state index contributed by atoms with van der Waals surface area (Å²) in [5.74, 6) is -0.473. The van der Waals surface area contributed by atoms with Gasteiger partial charge in [0.1, 0.15) is 12.5 Å². The molecule has 0 aliphatic heterocycles. The molecule has 88 valence electrons. The van der Waals surface area contributed by atoms with Gasteiger partial charge in [-0.1, -0.05) is 6.07 Å². The Morgan fingerprint density at radius 2 is 2.25 bits per heavy atom. The van der Waals surface area contributed by atoms with E-state index in [9.17, 15) is 4.79 Å². The third kappa shape index (κ3) is 3.88. The summed E-state index contributed by atoms with van der Waals surface area (Å²) in [4.78, 5) is 12.5. The smallest absolute Gasteiger partial charge is 0.335 e. The number of carbonyl (C=O) groups is 1. The highest BCUT2D eigenvalue weighted by molar-refractivity contribution is 5.87. The average Bonchev–Trinajstić information content (AvgIpc) is 2.27. The van der Waals surface area contributed by atoms with Crippen LogP contribution in [0.1, 0.15) is 10.4 Å². The van der Waals surface area contributed by atoms with Gasteiger partial charge in [0, 0.05) is 6.54 Å². The standard InChI is InChI=1S/C11H15NO4/c1-12(5-6-13)8-16-10-4-2-3-9(7-10)11(14)15/h2-4,7,13H,5-6,8H2,1H3,(H,14,15). The molecule has 5 nitrogen and oxygen atoms in total.